The average Bonchev–Trinajstić information content (AvgIpc) is 3.16. The summed E-state index contributed by atoms with van der Waals surface area (Å²) in [6.07, 6.45) is -0.429. The molecule has 0 saturated carbocycles. The van der Waals surface area contributed by atoms with Gasteiger partial charge in [-0.05, 0) is 25.5 Å². The van der Waals surface area contributed by atoms with E-state index in [1.807, 2.05) is 22.8 Å². The highest BCUT2D eigenvalue weighted by atomic mass is 16.5. The summed E-state index contributed by atoms with van der Waals surface area (Å²) < 4.78 is 6.94. The Kier molecular flexibility index (Phi) is 4.20. The number of primary amides is 1. The van der Waals surface area contributed by atoms with Crippen molar-refractivity contribution in [2.24, 2.45) is 5.73 Å². The van der Waals surface area contributed by atoms with Crippen molar-refractivity contribution < 1.29 is 19.1 Å². The molecule has 1 aliphatic heterocycles. The lowest BCUT2D eigenvalue weighted by Crippen LogP contribution is -2.32. The third kappa shape index (κ3) is 2.82. The molecule has 2 N–H and O–H groups in total. The van der Waals surface area contributed by atoms with Crippen LogP contribution in [0.1, 0.15) is 41.0 Å². The van der Waals surface area contributed by atoms with Crippen molar-refractivity contribution in [2.75, 3.05) is 0 Å². The maximum absolute atomic E-state index is 12.6. The average molecular weight is 326 g/mol. The molecule has 2 unspecified atom stereocenters. The number of ketones is 1. The van der Waals surface area contributed by atoms with Crippen molar-refractivity contribution >= 4 is 17.7 Å². The molecule has 1 aromatic heterocycles. The van der Waals surface area contributed by atoms with Crippen molar-refractivity contribution in [1.82, 2.24) is 4.57 Å². The normalized spacial score (nSPS) is 17.1. The van der Waals surface area contributed by atoms with E-state index in [9.17, 15) is 14.4 Å². The zero-order chi connectivity index (χ0) is 17.3. The van der Waals surface area contributed by atoms with E-state index in [4.69, 9.17) is 10.5 Å². The third-order valence-corrected chi connectivity index (χ3v) is 4.26. The van der Waals surface area contributed by atoms with Crippen molar-refractivity contribution in [2.45, 2.75) is 31.9 Å². The molecule has 24 heavy (non-hydrogen) atoms. The number of nitrogens with zero attached hydrogens (tertiary/aromatic N) is 1. The minimum Gasteiger partial charge on any atom is -0.452 e. The number of esters is 1. The summed E-state index contributed by atoms with van der Waals surface area (Å²) in [7, 11) is 0. The molecule has 1 amide bonds. The highest BCUT2D eigenvalue weighted by Gasteiger charge is 2.34. The van der Waals surface area contributed by atoms with Gasteiger partial charge in [0.25, 0.3) is 5.91 Å². The summed E-state index contributed by atoms with van der Waals surface area (Å²) >= 11 is 0. The number of carbonyl (C=O) groups is 3. The van der Waals surface area contributed by atoms with Crippen LogP contribution in [0.5, 0.6) is 0 Å². The number of fused-ring (bicyclic) bond motifs is 1. The molecule has 0 radical (unpaired) electrons. The third-order valence-electron chi connectivity index (χ3n) is 4.26. The monoisotopic (exact) mass is 326 g/mol. The van der Waals surface area contributed by atoms with Crippen LogP contribution in [0.4, 0.5) is 0 Å². The zero-order valence-corrected chi connectivity index (χ0v) is 13.3. The predicted molar refractivity (Wildman–Crippen MR) is 86.4 cm³/mol. The maximum atomic E-state index is 12.6. The second-order valence-corrected chi connectivity index (χ2v) is 5.81. The van der Waals surface area contributed by atoms with Crippen LogP contribution in [0, 0.1) is 0 Å². The molecule has 6 nitrogen and oxygen atoms in total. The first-order valence-electron chi connectivity index (χ1n) is 7.78. The molecule has 0 fully saturated rings. The predicted octanol–water partition coefficient (Wildman–Crippen LogP) is 1.62. The Morgan fingerprint density at radius 1 is 1.17 bits per heavy atom. The summed E-state index contributed by atoms with van der Waals surface area (Å²) in [5, 5.41) is 0. The highest BCUT2D eigenvalue weighted by molar-refractivity contribution is 6.08. The number of ether oxygens (including phenoxy) is 1. The van der Waals surface area contributed by atoms with Gasteiger partial charge in [0.1, 0.15) is 0 Å². The molecular formula is C18H18N2O4. The number of rotatable bonds is 5. The van der Waals surface area contributed by atoms with E-state index in [0.717, 1.165) is 5.69 Å². The lowest BCUT2D eigenvalue weighted by Gasteiger charge is -2.13. The molecule has 3 rings (SSSR count). The van der Waals surface area contributed by atoms with Gasteiger partial charge in [-0.25, -0.2) is 0 Å². The topological polar surface area (TPSA) is 91.4 Å². The molecular weight excluding hydrogens is 308 g/mol. The number of hydrogen-bond acceptors (Lipinski definition) is 4. The Labute approximate surface area is 139 Å². The van der Waals surface area contributed by atoms with Crippen molar-refractivity contribution in [3.63, 3.8) is 0 Å². The summed E-state index contributed by atoms with van der Waals surface area (Å²) in [4.78, 5) is 35.9. The van der Waals surface area contributed by atoms with E-state index in [1.165, 1.54) is 6.92 Å². The number of amides is 1. The van der Waals surface area contributed by atoms with Crippen molar-refractivity contribution in [3.05, 3.63) is 59.4 Å². The Morgan fingerprint density at radius 3 is 2.54 bits per heavy atom. The van der Waals surface area contributed by atoms with E-state index < -0.39 is 23.9 Å². The lowest BCUT2D eigenvalue weighted by atomic mass is 10.1. The smallest absolute Gasteiger partial charge is 0.315 e. The molecule has 6 heteroatoms. The molecule has 2 atom stereocenters. The summed E-state index contributed by atoms with van der Waals surface area (Å²) in [6, 6.07) is 12.5. The van der Waals surface area contributed by atoms with Crippen molar-refractivity contribution in [1.29, 1.82) is 0 Å². The van der Waals surface area contributed by atoms with Crippen LogP contribution in [0.25, 0.3) is 0 Å². The minimum absolute atomic E-state index is 0.0821. The fraction of sp³-hybridized carbons (Fsp3) is 0.278. The van der Waals surface area contributed by atoms with E-state index in [1.54, 1.807) is 24.3 Å². The van der Waals surface area contributed by atoms with Crippen molar-refractivity contribution in [3.8, 4) is 0 Å². The zero-order valence-electron chi connectivity index (χ0n) is 13.3. The SMILES string of the molecule is CC(OC(=O)C1CCn2c(C(=O)c3ccccc3)ccc21)C(N)=O. The second-order valence-electron chi connectivity index (χ2n) is 5.81. The van der Waals surface area contributed by atoms with Crippen LogP contribution in [-0.2, 0) is 20.9 Å². The van der Waals surface area contributed by atoms with Gasteiger partial charge in [-0.2, -0.15) is 0 Å². The molecule has 2 heterocycles. The van der Waals surface area contributed by atoms with Gasteiger partial charge >= 0.3 is 5.97 Å². The molecule has 1 aliphatic rings. The van der Waals surface area contributed by atoms with Gasteiger partial charge in [-0.3, -0.25) is 14.4 Å². The van der Waals surface area contributed by atoms with Gasteiger partial charge in [0.05, 0.1) is 11.6 Å². The van der Waals surface area contributed by atoms with Gasteiger partial charge < -0.3 is 15.0 Å². The molecule has 1 aromatic carbocycles. The van der Waals surface area contributed by atoms with E-state index in [0.29, 0.717) is 24.2 Å². The summed E-state index contributed by atoms with van der Waals surface area (Å²) in [5.74, 6) is -1.74. The second kappa shape index (κ2) is 6.31. The van der Waals surface area contributed by atoms with Crippen LogP contribution in [0.2, 0.25) is 0 Å². The fourth-order valence-corrected chi connectivity index (χ4v) is 2.93. The molecule has 0 spiro atoms. The van der Waals surface area contributed by atoms with Gasteiger partial charge in [-0.1, -0.05) is 30.3 Å². The van der Waals surface area contributed by atoms with E-state index in [2.05, 4.69) is 0 Å². The fourth-order valence-electron chi connectivity index (χ4n) is 2.93. The number of carbonyl (C=O) groups excluding carboxylic acids is 3. The standard InChI is InChI=1S/C18H18N2O4/c1-11(17(19)22)24-18(23)13-9-10-20-14(13)7-8-15(20)16(21)12-5-3-2-4-6-12/h2-8,11,13H,9-10H2,1H3,(H2,19,22). The van der Waals surface area contributed by atoms with Crippen LogP contribution in [-0.4, -0.2) is 28.3 Å². The Morgan fingerprint density at radius 2 is 1.88 bits per heavy atom. The Balaban J connectivity index is 1.82. The number of hydrogen-bond donors (Lipinski definition) is 1. The molecule has 0 aliphatic carbocycles. The molecule has 124 valence electrons. The number of nitrogens with two attached hydrogens (primary N) is 1. The van der Waals surface area contributed by atoms with E-state index >= 15 is 0 Å². The lowest BCUT2D eigenvalue weighted by molar-refractivity contribution is -0.155. The Hall–Kier alpha value is -2.89. The van der Waals surface area contributed by atoms with Gasteiger partial charge in [-0.15, -0.1) is 0 Å². The number of benzene rings is 1. The largest absolute Gasteiger partial charge is 0.452 e. The maximum Gasteiger partial charge on any atom is 0.315 e. The Bertz CT molecular complexity index is 795. The van der Waals surface area contributed by atoms with E-state index in [-0.39, 0.29) is 5.78 Å². The quantitative estimate of drug-likeness (QED) is 0.667. The van der Waals surface area contributed by atoms with Gasteiger partial charge in [0.2, 0.25) is 5.78 Å². The van der Waals surface area contributed by atoms with Crippen LogP contribution >= 0.6 is 0 Å². The molecule has 0 bridgehead atoms. The highest BCUT2D eigenvalue weighted by Crippen LogP contribution is 2.32. The number of aromatic nitrogens is 1. The molecule has 2 aromatic rings. The molecule has 0 saturated heterocycles. The van der Waals surface area contributed by atoms with Gasteiger partial charge in [0, 0.05) is 17.8 Å². The first-order chi connectivity index (χ1) is 11.5. The first-order valence-corrected chi connectivity index (χ1v) is 7.78. The first kappa shape index (κ1) is 16.0. The minimum atomic E-state index is -0.966. The van der Waals surface area contributed by atoms with Crippen LogP contribution < -0.4 is 5.73 Å². The van der Waals surface area contributed by atoms with Crippen LogP contribution in [0.3, 0.4) is 0 Å². The van der Waals surface area contributed by atoms with Crippen LogP contribution in [0.15, 0.2) is 42.5 Å². The van der Waals surface area contributed by atoms with Gasteiger partial charge in [0.15, 0.2) is 6.10 Å². The summed E-state index contributed by atoms with van der Waals surface area (Å²) in [6.45, 7) is 2.00. The summed E-state index contributed by atoms with van der Waals surface area (Å²) in [5.41, 5.74) is 7.01.